The van der Waals surface area contributed by atoms with Crippen molar-refractivity contribution in [3.63, 3.8) is 0 Å². The topological polar surface area (TPSA) is 81.0 Å². The standard InChI is InChI=1S/C23H23N3O4S/c1-4-30-10-9-25-20-15(3)11-14(2)12-18(20)31-23(25)24-19(27)13-26-21(28)16-7-5-6-8-17(16)22(26)29/h5-8,11-12H,4,9-10,13H2,1-3H3. The summed E-state index contributed by atoms with van der Waals surface area (Å²) in [6, 6.07) is 10.7. The van der Waals surface area contributed by atoms with Crippen molar-refractivity contribution in [2.75, 3.05) is 19.8 Å². The van der Waals surface area contributed by atoms with Gasteiger partial charge in [-0.05, 0) is 50.1 Å². The first-order valence-electron chi connectivity index (χ1n) is 10.1. The molecule has 3 amide bonds. The van der Waals surface area contributed by atoms with Crippen LogP contribution in [0.4, 0.5) is 0 Å². The Morgan fingerprint density at radius 1 is 1.10 bits per heavy atom. The lowest BCUT2D eigenvalue weighted by molar-refractivity contribution is -0.118. The van der Waals surface area contributed by atoms with Gasteiger partial charge in [-0.25, -0.2) is 0 Å². The maximum Gasteiger partial charge on any atom is 0.268 e. The van der Waals surface area contributed by atoms with E-state index in [1.54, 1.807) is 24.3 Å². The maximum atomic E-state index is 12.8. The van der Waals surface area contributed by atoms with Crippen LogP contribution in [-0.4, -0.2) is 46.9 Å². The first-order chi connectivity index (χ1) is 14.9. The van der Waals surface area contributed by atoms with E-state index in [0.717, 1.165) is 26.2 Å². The summed E-state index contributed by atoms with van der Waals surface area (Å²) >= 11 is 1.42. The van der Waals surface area contributed by atoms with E-state index >= 15 is 0 Å². The second kappa shape index (κ2) is 8.56. The lowest BCUT2D eigenvalue weighted by atomic mass is 10.1. The number of carbonyl (C=O) groups is 3. The van der Waals surface area contributed by atoms with Crippen LogP contribution in [0.1, 0.15) is 38.8 Å². The molecule has 1 aliphatic rings. The fourth-order valence-electron chi connectivity index (χ4n) is 3.84. The molecule has 0 saturated carbocycles. The van der Waals surface area contributed by atoms with Gasteiger partial charge in [-0.15, -0.1) is 0 Å². The van der Waals surface area contributed by atoms with Crippen LogP contribution in [0.25, 0.3) is 10.2 Å². The number of hydrogen-bond acceptors (Lipinski definition) is 5. The van der Waals surface area contributed by atoms with E-state index in [1.165, 1.54) is 11.3 Å². The third-order valence-corrected chi connectivity index (χ3v) is 6.19. The molecule has 0 fully saturated rings. The van der Waals surface area contributed by atoms with Crippen molar-refractivity contribution >= 4 is 39.3 Å². The van der Waals surface area contributed by atoms with Crippen LogP contribution in [-0.2, 0) is 16.1 Å². The predicted octanol–water partition coefficient (Wildman–Crippen LogP) is 3.08. The van der Waals surface area contributed by atoms with Crippen molar-refractivity contribution in [2.45, 2.75) is 27.3 Å². The predicted molar refractivity (Wildman–Crippen MR) is 118 cm³/mol. The number of amides is 3. The third-order valence-electron chi connectivity index (χ3n) is 5.17. The third kappa shape index (κ3) is 3.96. The summed E-state index contributed by atoms with van der Waals surface area (Å²) in [6.45, 7) is 7.26. The van der Waals surface area contributed by atoms with Crippen molar-refractivity contribution in [1.82, 2.24) is 9.47 Å². The van der Waals surface area contributed by atoms with E-state index in [9.17, 15) is 14.4 Å². The van der Waals surface area contributed by atoms with E-state index in [0.29, 0.717) is 35.7 Å². The number of aryl methyl sites for hydroxylation is 2. The Hall–Kier alpha value is -3.10. The van der Waals surface area contributed by atoms with Crippen molar-refractivity contribution < 1.29 is 19.1 Å². The molecule has 31 heavy (non-hydrogen) atoms. The minimum absolute atomic E-state index is 0.319. The summed E-state index contributed by atoms with van der Waals surface area (Å²) in [4.78, 5) is 43.7. The fraction of sp³-hybridized carbons (Fsp3) is 0.304. The molecule has 7 nitrogen and oxygen atoms in total. The summed E-state index contributed by atoms with van der Waals surface area (Å²) in [7, 11) is 0. The number of aromatic nitrogens is 1. The van der Waals surface area contributed by atoms with Gasteiger partial charge in [-0.1, -0.05) is 29.5 Å². The van der Waals surface area contributed by atoms with Crippen molar-refractivity contribution in [1.29, 1.82) is 0 Å². The number of hydrogen-bond donors (Lipinski definition) is 0. The molecule has 0 N–H and O–H groups in total. The number of rotatable bonds is 6. The number of carbonyl (C=O) groups excluding carboxylic acids is 3. The van der Waals surface area contributed by atoms with E-state index in [4.69, 9.17) is 4.74 Å². The average Bonchev–Trinajstić information content (AvgIpc) is 3.18. The summed E-state index contributed by atoms with van der Waals surface area (Å²) in [6.07, 6.45) is 0. The van der Waals surface area contributed by atoms with Crippen molar-refractivity contribution in [3.05, 3.63) is 63.5 Å². The highest BCUT2D eigenvalue weighted by atomic mass is 32.1. The van der Waals surface area contributed by atoms with Gasteiger partial charge in [0.25, 0.3) is 17.7 Å². The first kappa shape index (κ1) is 21.1. The molecule has 4 rings (SSSR count). The molecule has 3 aromatic rings. The van der Waals surface area contributed by atoms with E-state index in [1.807, 2.05) is 25.3 Å². The fourth-order valence-corrected chi connectivity index (χ4v) is 5.09. The quantitative estimate of drug-likeness (QED) is 0.438. The molecule has 0 aliphatic carbocycles. The number of imide groups is 1. The molecule has 0 atom stereocenters. The minimum Gasteiger partial charge on any atom is -0.380 e. The molecular formula is C23H23N3O4S. The van der Waals surface area contributed by atoms with Crippen LogP contribution in [0, 0.1) is 13.8 Å². The van der Waals surface area contributed by atoms with Crippen LogP contribution in [0.3, 0.4) is 0 Å². The molecule has 160 valence electrons. The second-order valence-corrected chi connectivity index (χ2v) is 8.42. The molecule has 1 aliphatic heterocycles. The van der Waals surface area contributed by atoms with Crippen LogP contribution in [0.5, 0.6) is 0 Å². The molecule has 2 aromatic carbocycles. The summed E-state index contributed by atoms with van der Waals surface area (Å²) in [5, 5.41) is 0. The summed E-state index contributed by atoms with van der Waals surface area (Å²) < 4.78 is 8.52. The monoisotopic (exact) mass is 437 g/mol. The lowest BCUT2D eigenvalue weighted by Crippen LogP contribution is -2.35. The Labute approximate surface area is 183 Å². The van der Waals surface area contributed by atoms with E-state index in [-0.39, 0.29) is 6.54 Å². The minimum atomic E-state index is -0.541. The van der Waals surface area contributed by atoms with Crippen LogP contribution < -0.4 is 4.80 Å². The Morgan fingerprint density at radius 3 is 2.42 bits per heavy atom. The molecule has 0 radical (unpaired) electrons. The molecule has 0 saturated heterocycles. The number of nitrogens with zero attached hydrogens (tertiary/aromatic N) is 3. The van der Waals surface area contributed by atoms with Crippen LogP contribution in [0.15, 0.2) is 41.4 Å². The van der Waals surface area contributed by atoms with Crippen molar-refractivity contribution in [3.8, 4) is 0 Å². The lowest BCUT2D eigenvalue weighted by Gasteiger charge is -2.11. The molecule has 2 heterocycles. The zero-order valence-corrected chi connectivity index (χ0v) is 18.5. The van der Waals surface area contributed by atoms with Gasteiger partial charge >= 0.3 is 0 Å². The number of ether oxygens (including phenoxy) is 1. The number of thiazole rings is 1. The van der Waals surface area contributed by atoms with Gasteiger partial charge in [-0.3, -0.25) is 19.3 Å². The highest BCUT2D eigenvalue weighted by Gasteiger charge is 2.36. The van der Waals surface area contributed by atoms with Gasteiger partial charge < -0.3 is 9.30 Å². The van der Waals surface area contributed by atoms with Gasteiger partial charge in [0, 0.05) is 13.2 Å². The molecule has 0 unspecified atom stereocenters. The zero-order chi connectivity index (χ0) is 22.1. The maximum absolute atomic E-state index is 12.8. The number of benzene rings is 2. The highest BCUT2D eigenvalue weighted by molar-refractivity contribution is 7.16. The Kier molecular flexibility index (Phi) is 5.84. The normalized spacial score (nSPS) is 14.0. The molecule has 8 heteroatoms. The molecule has 1 aromatic heterocycles. The molecule has 0 spiro atoms. The zero-order valence-electron chi connectivity index (χ0n) is 17.7. The molecular weight excluding hydrogens is 414 g/mol. The first-order valence-corrected chi connectivity index (χ1v) is 10.9. The largest absolute Gasteiger partial charge is 0.380 e. The van der Waals surface area contributed by atoms with Crippen LogP contribution in [0.2, 0.25) is 0 Å². The van der Waals surface area contributed by atoms with Gasteiger partial charge in [0.15, 0.2) is 4.80 Å². The van der Waals surface area contributed by atoms with Crippen molar-refractivity contribution in [2.24, 2.45) is 4.99 Å². The van der Waals surface area contributed by atoms with Gasteiger partial charge in [0.2, 0.25) is 0 Å². The summed E-state index contributed by atoms with van der Waals surface area (Å²) in [5.41, 5.74) is 3.88. The summed E-state index contributed by atoms with van der Waals surface area (Å²) in [5.74, 6) is -1.46. The average molecular weight is 438 g/mol. The second-order valence-electron chi connectivity index (χ2n) is 7.41. The Balaban J connectivity index is 1.68. The van der Waals surface area contributed by atoms with Gasteiger partial charge in [0.1, 0.15) is 6.54 Å². The molecule has 0 bridgehead atoms. The Morgan fingerprint density at radius 2 is 1.77 bits per heavy atom. The van der Waals surface area contributed by atoms with Gasteiger partial charge in [-0.2, -0.15) is 4.99 Å². The van der Waals surface area contributed by atoms with E-state index in [2.05, 4.69) is 17.1 Å². The Bertz CT molecular complexity index is 1240. The number of fused-ring (bicyclic) bond motifs is 2. The van der Waals surface area contributed by atoms with Gasteiger partial charge in [0.05, 0.1) is 28.0 Å². The highest BCUT2D eigenvalue weighted by Crippen LogP contribution is 2.24. The van der Waals surface area contributed by atoms with Crippen LogP contribution >= 0.6 is 11.3 Å². The smallest absolute Gasteiger partial charge is 0.268 e. The van der Waals surface area contributed by atoms with E-state index < -0.39 is 17.7 Å². The SMILES string of the molecule is CCOCCn1c(=NC(=O)CN2C(=O)c3ccccc3C2=O)sc2cc(C)cc(C)c21.